The quantitative estimate of drug-likeness (QED) is 0.740. The first kappa shape index (κ1) is 17.6. The number of benzene rings is 1. The van der Waals surface area contributed by atoms with Crippen molar-refractivity contribution in [3.8, 4) is 9.88 Å². The monoisotopic (exact) mass is 377 g/mol. The van der Waals surface area contributed by atoms with Crippen molar-refractivity contribution in [3.05, 3.63) is 64.5 Å². The molecule has 0 saturated carbocycles. The molecule has 1 fully saturated rings. The van der Waals surface area contributed by atoms with Crippen LogP contribution >= 0.6 is 35.1 Å². The van der Waals surface area contributed by atoms with Gasteiger partial charge in [0.25, 0.3) is 0 Å². The Hall–Kier alpha value is -1.24. The van der Waals surface area contributed by atoms with Crippen LogP contribution in [0.3, 0.4) is 0 Å². The lowest BCUT2D eigenvalue weighted by atomic mass is 9.95. The number of nitrogens with two attached hydrogens (primary N) is 1. The van der Waals surface area contributed by atoms with Gasteiger partial charge in [-0.05, 0) is 17.0 Å². The third-order valence-electron chi connectivity index (χ3n) is 4.33. The Morgan fingerprint density at radius 2 is 1.96 bits per heavy atom. The van der Waals surface area contributed by atoms with Crippen LogP contribution in [0.25, 0.3) is 9.88 Å². The number of aromatic nitrogens is 1. The second-order valence-electron chi connectivity index (χ2n) is 5.98. The van der Waals surface area contributed by atoms with E-state index in [1.807, 2.05) is 6.20 Å². The zero-order chi connectivity index (χ0) is 15.6. The lowest BCUT2D eigenvalue weighted by Crippen LogP contribution is -2.28. The summed E-state index contributed by atoms with van der Waals surface area (Å²) in [7, 11) is 0. The van der Waals surface area contributed by atoms with E-state index >= 15 is 0 Å². The minimum Gasteiger partial charge on any atom is -0.326 e. The molecule has 3 nitrogen and oxygen atoms in total. The van der Waals surface area contributed by atoms with Crippen molar-refractivity contribution in [3.63, 3.8) is 0 Å². The Morgan fingerprint density at radius 3 is 2.71 bits per heavy atom. The zero-order valence-corrected chi connectivity index (χ0v) is 15.6. The maximum absolute atomic E-state index is 6.39. The van der Waals surface area contributed by atoms with E-state index in [0.717, 1.165) is 24.6 Å². The van der Waals surface area contributed by atoms with Gasteiger partial charge in [0.1, 0.15) is 5.01 Å². The van der Waals surface area contributed by atoms with Crippen LogP contribution in [0.1, 0.15) is 16.4 Å². The molecule has 0 unspecified atom stereocenters. The number of hydrogen-bond donors (Lipinski definition) is 1. The molecule has 0 aliphatic carbocycles. The van der Waals surface area contributed by atoms with Crippen molar-refractivity contribution in [2.45, 2.75) is 18.5 Å². The van der Waals surface area contributed by atoms with Crippen LogP contribution in [0.4, 0.5) is 0 Å². The van der Waals surface area contributed by atoms with Gasteiger partial charge in [0.15, 0.2) is 0 Å². The van der Waals surface area contributed by atoms with Crippen molar-refractivity contribution in [2.24, 2.45) is 5.73 Å². The summed E-state index contributed by atoms with van der Waals surface area (Å²) in [5.41, 5.74) is 7.74. The first-order valence-electron chi connectivity index (χ1n) is 7.81. The highest BCUT2D eigenvalue weighted by molar-refractivity contribution is 7.20. The third-order valence-corrected chi connectivity index (χ3v) is 6.35. The van der Waals surface area contributed by atoms with Crippen LogP contribution in [0.5, 0.6) is 0 Å². The van der Waals surface area contributed by atoms with E-state index < -0.39 is 0 Å². The number of thiazole rings is 1. The molecule has 0 bridgehead atoms. The van der Waals surface area contributed by atoms with Gasteiger partial charge in [0.2, 0.25) is 0 Å². The number of halogens is 1. The van der Waals surface area contributed by atoms with Gasteiger partial charge in [-0.15, -0.1) is 35.1 Å². The van der Waals surface area contributed by atoms with E-state index in [4.69, 9.17) is 5.73 Å². The lowest BCUT2D eigenvalue weighted by Gasteiger charge is -2.15. The van der Waals surface area contributed by atoms with Crippen molar-refractivity contribution >= 4 is 35.1 Å². The molecule has 24 heavy (non-hydrogen) atoms. The second kappa shape index (κ2) is 7.76. The number of nitrogens with zero attached hydrogens (tertiary/aromatic N) is 2. The van der Waals surface area contributed by atoms with Crippen molar-refractivity contribution < 1.29 is 0 Å². The standard InChI is InChI=1S/C18H19N3S2.ClH/c19-16-12-21(11-15(16)13-5-2-1-3-6-13)10-14-9-20-18(23-14)17-7-4-8-22-17;/h1-9,15-16H,10-12,19H2;1H/t15-,16+;/m0./s1. The summed E-state index contributed by atoms with van der Waals surface area (Å²) in [5, 5.41) is 3.22. The van der Waals surface area contributed by atoms with Crippen LogP contribution in [0.15, 0.2) is 54.0 Å². The Balaban J connectivity index is 0.00000169. The summed E-state index contributed by atoms with van der Waals surface area (Å²) < 4.78 is 0. The molecular weight excluding hydrogens is 358 g/mol. The molecule has 2 N–H and O–H groups in total. The molecule has 1 aliphatic heterocycles. The van der Waals surface area contributed by atoms with Crippen LogP contribution in [0, 0.1) is 0 Å². The molecule has 3 heterocycles. The SMILES string of the molecule is Cl.N[C@@H]1CN(Cc2cnc(-c3cccs3)s2)C[C@H]1c1ccccc1. The predicted molar refractivity (Wildman–Crippen MR) is 105 cm³/mol. The summed E-state index contributed by atoms with van der Waals surface area (Å²) >= 11 is 3.54. The Kier molecular flexibility index (Phi) is 5.69. The maximum atomic E-state index is 6.39. The normalized spacial score (nSPS) is 20.9. The Bertz CT molecular complexity index is 758. The third kappa shape index (κ3) is 3.71. The van der Waals surface area contributed by atoms with E-state index in [-0.39, 0.29) is 18.4 Å². The fourth-order valence-corrected chi connectivity index (χ4v) is 4.97. The minimum absolute atomic E-state index is 0. The average molecular weight is 378 g/mol. The van der Waals surface area contributed by atoms with Crippen LogP contribution in [0.2, 0.25) is 0 Å². The molecule has 2 aromatic heterocycles. The highest BCUT2D eigenvalue weighted by Gasteiger charge is 2.31. The molecule has 1 aliphatic rings. The van der Waals surface area contributed by atoms with Crippen LogP contribution in [-0.2, 0) is 6.54 Å². The summed E-state index contributed by atoms with van der Waals surface area (Å²) in [6.45, 7) is 2.92. The number of rotatable bonds is 4. The number of thiophene rings is 1. The predicted octanol–water partition coefficient (Wildman–Crippen LogP) is 4.22. The van der Waals surface area contributed by atoms with Gasteiger partial charge in [-0.2, -0.15) is 0 Å². The first-order chi connectivity index (χ1) is 11.3. The fraction of sp³-hybridized carbons (Fsp3) is 0.278. The fourth-order valence-electron chi connectivity index (χ4n) is 3.21. The molecular formula is C18H20ClN3S2. The Labute approximate surface area is 156 Å². The van der Waals surface area contributed by atoms with Crippen LogP contribution in [-0.4, -0.2) is 29.0 Å². The lowest BCUT2D eigenvalue weighted by molar-refractivity contribution is 0.326. The molecule has 2 atom stereocenters. The summed E-state index contributed by atoms with van der Waals surface area (Å²) in [6, 6.07) is 15.1. The van der Waals surface area contributed by atoms with E-state index in [9.17, 15) is 0 Å². The molecule has 6 heteroatoms. The molecule has 1 aromatic carbocycles. The Morgan fingerprint density at radius 1 is 1.12 bits per heavy atom. The van der Waals surface area contributed by atoms with Gasteiger partial charge in [-0.25, -0.2) is 4.98 Å². The summed E-state index contributed by atoms with van der Waals surface area (Å²) in [4.78, 5) is 9.59. The number of likely N-dealkylation sites (tertiary alicyclic amines) is 1. The maximum Gasteiger partial charge on any atom is 0.133 e. The van der Waals surface area contributed by atoms with Crippen molar-refractivity contribution in [2.75, 3.05) is 13.1 Å². The average Bonchev–Trinajstić information content (AvgIpc) is 3.29. The van der Waals surface area contributed by atoms with E-state index in [1.54, 1.807) is 22.7 Å². The molecule has 4 rings (SSSR count). The topological polar surface area (TPSA) is 42.1 Å². The molecule has 0 spiro atoms. The summed E-state index contributed by atoms with van der Waals surface area (Å²) in [5.74, 6) is 0.431. The van der Waals surface area contributed by atoms with Crippen LogP contribution < -0.4 is 5.73 Å². The van der Waals surface area contributed by atoms with E-state index in [1.165, 1.54) is 15.3 Å². The van der Waals surface area contributed by atoms with Gasteiger partial charge in [-0.3, -0.25) is 4.90 Å². The minimum atomic E-state index is 0. The van der Waals surface area contributed by atoms with E-state index in [2.05, 4.69) is 57.7 Å². The highest BCUT2D eigenvalue weighted by Crippen LogP contribution is 2.31. The molecule has 0 radical (unpaired) electrons. The van der Waals surface area contributed by atoms with Gasteiger partial charge >= 0.3 is 0 Å². The zero-order valence-electron chi connectivity index (χ0n) is 13.2. The first-order valence-corrected chi connectivity index (χ1v) is 9.50. The van der Waals surface area contributed by atoms with Gasteiger partial charge in [-0.1, -0.05) is 36.4 Å². The smallest absolute Gasteiger partial charge is 0.133 e. The molecule has 126 valence electrons. The number of hydrogen-bond acceptors (Lipinski definition) is 5. The van der Waals surface area contributed by atoms with Gasteiger partial charge in [0.05, 0.1) is 4.88 Å². The largest absolute Gasteiger partial charge is 0.326 e. The molecule has 3 aromatic rings. The van der Waals surface area contributed by atoms with Gasteiger partial charge < -0.3 is 5.73 Å². The second-order valence-corrected chi connectivity index (χ2v) is 8.05. The summed E-state index contributed by atoms with van der Waals surface area (Å²) in [6.07, 6.45) is 2.01. The van der Waals surface area contributed by atoms with Crippen molar-refractivity contribution in [1.82, 2.24) is 9.88 Å². The highest BCUT2D eigenvalue weighted by atomic mass is 35.5. The van der Waals surface area contributed by atoms with Gasteiger partial charge in [0, 0.05) is 42.7 Å². The molecule has 0 amide bonds. The molecule has 1 saturated heterocycles. The van der Waals surface area contributed by atoms with E-state index in [0.29, 0.717) is 5.92 Å². The van der Waals surface area contributed by atoms with Crippen molar-refractivity contribution in [1.29, 1.82) is 0 Å².